The van der Waals surface area contributed by atoms with Gasteiger partial charge in [-0.1, -0.05) is 0 Å². The molecule has 2 saturated carbocycles. The van der Waals surface area contributed by atoms with Gasteiger partial charge in [-0.15, -0.1) is 0 Å². The van der Waals surface area contributed by atoms with Crippen LogP contribution in [-0.2, 0) is 23.7 Å². The number of aliphatic hydroxyl groups excluding tert-OH is 7. The Kier molecular flexibility index (Phi) is 11.5. The van der Waals surface area contributed by atoms with E-state index in [9.17, 15) is 35.7 Å². The Morgan fingerprint density at radius 1 is 0.571 bits per heavy atom. The SMILES string of the molecule is NC[C@@H]1C[C@@H](O[C@@H]2[C@@H](O)[C@H](O[C@@H]3[C@@H](O)[C@H](N)C[C@H](N)[C@H]3O[C@H]3O[C@H](CN)[C@H](O)[C@H](O)[C@H]3N)O[C@@H]2CO)[C@@H](N)[C@@H](O)[C@@H]1O. The Bertz CT molecular complexity index is 867. The molecule has 42 heavy (non-hydrogen) atoms. The molecule has 2 heterocycles. The first-order valence-electron chi connectivity index (χ1n) is 14.2. The Hall–Kier alpha value is -0.720. The van der Waals surface area contributed by atoms with Gasteiger partial charge in [0.05, 0.1) is 43.1 Å². The van der Waals surface area contributed by atoms with Gasteiger partial charge in [-0.05, 0) is 19.4 Å². The van der Waals surface area contributed by atoms with Crippen LogP contribution in [0.3, 0.4) is 0 Å². The predicted octanol–water partition coefficient (Wildman–Crippen LogP) is -8.23. The standard InChI is InChI=1S/C24H48N6O12/c25-3-6-1-9(12(29)17(35)14(6)32)38-21-11(5-31)40-24(19(21)37)42-22-15(33)7(27)2-8(28)20(22)41-23-13(30)18(36)16(34)10(4-26)39-23/h6-24,31-37H,1-5,25-30H2/t6-,7+,8-,9+,10+,11+,12+,13+,14+,15-,16-,17+,18+,19+,20+,21-,22+,23+,24-/m0/s1. The predicted molar refractivity (Wildman–Crippen MR) is 142 cm³/mol. The molecule has 4 fully saturated rings. The van der Waals surface area contributed by atoms with E-state index in [-0.39, 0.29) is 25.9 Å². The molecule has 0 aromatic rings. The Morgan fingerprint density at radius 3 is 1.81 bits per heavy atom. The molecule has 0 spiro atoms. The van der Waals surface area contributed by atoms with Crippen molar-refractivity contribution < 1.29 is 59.4 Å². The number of ether oxygens (including phenoxy) is 5. The zero-order chi connectivity index (χ0) is 31.0. The Balaban J connectivity index is 1.50. The maximum Gasteiger partial charge on any atom is 0.187 e. The van der Waals surface area contributed by atoms with Crippen LogP contribution in [0.15, 0.2) is 0 Å². The summed E-state index contributed by atoms with van der Waals surface area (Å²) in [6, 6.07) is -3.91. The van der Waals surface area contributed by atoms with Crippen molar-refractivity contribution in [2.75, 3.05) is 19.7 Å². The summed E-state index contributed by atoms with van der Waals surface area (Å²) in [6.07, 6.45) is -17.2. The average molecular weight is 613 g/mol. The first-order chi connectivity index (χ1) is 19.8. The molecule has 246 valence electrons. The summed E-state index contributed by atoms with van der Waals surface area (Å²) >= 11 is 0. The lowest BCUT2D eigenvalue weighted by Crippen LogP contribution is -2.68. The Labute approximate surface area is 242 Å². The lowest BCUT2D eigenvalue weighted by molar-refractivity contribution is -0.306. The maximum absolute atomic E-state index is 11.2. The van der Waals surface area contributed by atoms with Gasteiger partial charge in [-0.3, -0.25) is 0 Å². The third-order valence-electron chi connectivity index (χ3n) is 8.93. The van der Waals surface area contributed by atoms with Crippen LogP contribution in [0.1, 0.15) is 12.8 Å². The molecule has 0 radical (unpaired) electrons. The molecule has 2 aliphatic carbocycles. The first kappa shape index (κ1) is 34.2. The highest BCUT2D eigenvalue weighted by Crippen LogP contribution is 2.35. The third kappa shape index (κ3) is 6.62. The molecule has 18 heteroatoms. The third-order valence-corrected chi connectivity index (χ3v) is 8.93. The second-order valence-corrected chi connectivity index (χ2v) is 11.7. The molecule has 0 aromatic heterocycles. The average Bonchev–Trinajstić information content (AvgIpc) is 3.27. The number of aliphatic hydroxyl groups is 7. The minimum absolute atomic E-state index is 0.0571. The van der Waals surface area contributed by atoms with Crippen molar-refractivity contribution in [3.8, 4) is 0 Å². The molecule has 19 atom stereocenters. The molecule has 0 bridgehead atoms. The first-order valence-corrected chi connectivity index (χ1v) is 14.2. The van der Waals surface area contributed by atoms with Crippen LogP contribution in [0.2, 0.25) is 0 Å². The summed E-state index contributed by atoms with van der Waals surface area (Å²) in [5, 5.41) is 73.3. The van der Waals surface area contributed by atoms with E-state index in [0.29, 0.717) is 0 Å². The quantitative estimate of drug-likeness (QED) is 0.115. The summed E-state index contributed by atoms with van der Waals surface area (Å²) in [5.41, 5.74) is 35.9. The topological polar surface area (TPSA) is 344 Å². The van der Waals surface area contributed by atoms with Crippen LogP contribution < -0.4 is 34.4 Å². The highest BCUT2D eigenvalue weighted by molar-refractivity contribution is 5.02. The van der Waals surface area contributed by atoms with Gasteiger partial charge in [0.2, 0.25) is 0 Å². The van der Waals surface area contributed by atoms with Gasteiger partial charge < -0.3 is 93.8 Å². The van der Waals surface area contributed by atoms with E-state index in [0.717, 1.165) is 0 Å². The lowest BCUT2D eigenvalue weighted by Gasteiger charge is -2.47. The summed E-state index contributed by atoms with van der Waals surface area (Å²) in [6.45, 7) is -0.679. The fraction of sp³-hybridized carbons (Fsp3) is 1.00. The fourth-order valence-corrected chi connectivity index (χ4v) is 6.22. The van der Waals surface area contributed by atoms with E-state index in [4.69, 9.17) is 58.1 Å². The zero-order valence-corrected chi connectivity index (χ0v) is 23.1. The molecule has 2 aliphatic heterocycles. The van der Waals surface area contributed by atoms with Gasteiger partial charge in [0.15, 0.2) is 12.6 Å². The lowest BCUT2D eigenvalue weighted by atomic mass is 9.79. The van der Waals surface area contributed by atoms with E-state index in [2.05, 4.69) is 0 Å². The van der Waals surface area contributed by atoms with Gasteiger partial charge in [-0.2, -0.15) is 0 Å². The molecule has 2 saturated heterocycles. The van der Waals surface area contributed by atoms with Crippen molar-refractivity contribution in [2.45, 2.75) is 123 Å². The highest BCUT2D eigenvalue weighted by atomic mass is 16.7. The number of hydrogen-bond acceptors (Lipinski definition) is 18. The van der Waals surface area contributed by atoms with E-state index in [1.54, 1.807) is 0 Å². The molecule has 0 aromatic carbocycles. The Morgan fingerprint density at radius 2 is 1.19 bits per heavy atom. The van der Waals surface area contributed by atoms with Gasteiger partial charge in [0, 0.05) is 24.5 Å². The van der Waals surface area contributed by atoms with Crippen molar-refractivity contribution in [2.24, 2.45) is 40.3 Å². The highest BCUT2D eigenvalue weighted by Gasteiger charge is 2.54. The molecular weight excluding hydrogens is 564 g/mol. The number of nitrogens with two attached hydrogens (primary N) is 6. The van der Waals surface area contributed by atoms with Crippen molar-refractivity contribution >= 4 is 0 Å². The molecule has 19 N–H and O–H groups in total. The monoisotopic (exact) mass is 612 g/mol. The number of rotatable bonds is 9. The summed E-state index contributed by atoms with van der Waals surface area (Å²) < 4.78 is 29.4. The van der Waals surface area contributed by atoms with Crippen LogP contribution in [0, 0.1) is 5.92 Å². The molecular formula is C24H48N6O12. The second kappa shape index (κ2) is 14.1. The van der Waals surface area contributed by atoms with Gasteiger partial charge in [-0.25, -0.2) is 0 Å². The van der Waals surface area contributed by atoms with Crippen molar-refractivity contribution in [1.29, 1.82) is 0 Å². The van der Waals surface area contributed by atoms with E-state index >= 15 is 0 Å². The fourth-order valence-electron chi connectivity index (χ4n) is 6.22. The van der Waals surface area contributed by atoms with Gasteiger partial charge in [0.25, 0.3) is 0 Å². The van der Waals surface area contributed by atoms with E-state index in [1.807, 2.05) is 0 Å². The molecule has 0 amide bonds. The molecule has 18 nitrogen and oxygen atoms in total. The van der Waals surface area contributed by atoms with Crippen LogP contribution in [0.5, 0.6) is 0 Å². The smallest absolute Gasteiger partial charge is 0.187 e. The van der Waals surface area contributed by atoms with Crippen LogP contribution in [0.25, 0.3) is 0 Å². The van der Waals surface area contributed by atoms with Crippen molar-refractivity contribution in [3.63, 3.8) is 0 Å². The molecule has 4 aliphatic rings. The summed E-state index contributed by atoms with van der Waals surface area (Å²) in [5.74, 6) is -0.519. The zero-order valence-electron chi connectivity index (χ0n) is 23.1. The van der Waals surface area contributed by atoms with Gasteiger partial charge in [0.1, 0.15) is 48.8 Å². The van der Waals surface area contributed by atoms with Crippen LogP contribution in [0.4, 0.5) is 0 Å². The summed E-state index contributed by atoms with van der Waals surface area (Å²) in [7, 11) is 0. The van der Waals surface area contributed by atoms with E-state index < -0.39 is 123 Å². The van der Waals surface area contributed by atoms with E-state index in [1.165, 1.54) is 0 Å². The molecule has 4 rings (SSSR count). The summed E-state index contributed by atoms with van der Waals surface area (Å²) in [4.78, 5) is 0. The minimum atomic E-state index is -1.52. The number of hydrogen-bond donors (Lipinski definition) is 13. The van der Waals surface area contributed by atoms with Crippen LogP contribution in [-0.4, -0.2) is 165 Å². The van der Waals surface area contributed by atoms with Gasteiger partial charge >= 0.3 is 0 Å². The van der Waals surface area contributed by atoms with Crippen molar-refractivity contribution in [3.05, 3.63) is 0 Å². The second-order valence-electron chi connectivity index (χ2n) is 11.7. The minimum Gasteiger partial charge on any atom is -0.394 e. The molecule has 0 unspecified atom stereocenters. The van der Waals surface area contributed by atoms with Crippen molar-refractivity contribution in [1.82, 2.24) is 0 Å². The maximum atomic E-state index is 11.2. The largest absolute Gasteiger partial charge is 0.394 e. The normalized spacial score (nSPS) is 53.8. The van der Waals surface area contributed by atoms with Crippen LogP contribution >= 0.6 is 0 Å².